The third-order valence-electron chi connectivity index (χ3n) is 16.5. The average Bonchev–Trinajstić information content (AvgIpc) is 0.780. The number of aromatic carboxylic acids is 1. The molecule has 0 fully saturated rings. The van der Waals surface area contributed by atoms with E-state index in [1.165, 1.54) is 29.5 Å². The summed E-state index contributed by atoms with van der Waals surface area (Å²) < 4.78 is 47.6. The summed E-state index contributed by atoms with van der Waals surface area (Å²) in [5.74, 6) is 4.92. The fraction of sp³-hybridized carbons (Fsp3) is 0.200. The van der Waals surface area contributed by atoms with Crippen LogP contribution in [0.1, 0.15) is 99.6 Å². The van der Waals surface area contributed by atoms with Gasteiger partial charge in [0.1, 0.15) is 38.1 Å². The number of pyridine rings is 2. The van der Waals surface area contributed by atoms with Crippen molar-refractivity contribution in [2.24, 2.45) is 0 Å². The first-order valence-electron chi connectivity index (χ1n) is 31.8. The number of carboxylic acid groups (broad SMARTS) is 1. The summed E-state index contributed by atoms with van der Waals surface area (Å²) in [7, 11) is 6.63. The number of aryl methyl sites for hydroxylation is 2. The van der Waals surface area contributed by atoms with Crippen LogP contribution in [0.2, 0.25) is 0 Å². The number of carboxylic acids is 1. The molecule has 8 aromatic carbocycles. The maximum Gasteiger partial charge on any atom is 0.335 e. The van der Waals surface area contributed by atoms with Gasteiger partial charge in [-0.25, -0.2) is 14.8 Å². The fourth-order valence-corrected chi connectivity index (χ4v) is 11.3. The molecule has 0 spiro atoms. The maximum atomic E-state index is 14.0. The number of benzene rings is 8. The molecule has 1 amide bonds. The van der Waals surface area contributed by atoms with Crippen molar-refractivity contribution in [3.05, 3.63) is 297 Å². The minimum Gasteiger partial charge on any atom is -0.493 e. The van der Waals surface area contributed by atoms with Crippen LogP contribution in [0.3, 0.4) is 0 Å². The van der Waals surface area contributed by atoms with E-state index in [1.54, 1.807) is 46.8 Å². The van der Waals surface area contributed by atoms with Crippen molar-refractivity contribution in [3.8, 4) is 46.0 Å². The Bertz CT molecular complexity index is 4340. The Morgan fingerprint density at radius 2 is 0.876 bits per heavy atom. The summed E-state index contributed by atoms with van der Waals surface area (Å²) in [4.78, 5) is 33.9. The number of anilines is 2. The number of aromatic nitrogens is 2. The molecule has 2 aliphatic heterocycles. The molecule has 496 valence electrons. The molecule has 0 aliphatic carbocycles. The molecule has 2 unspecified atom stereocenters. The second-order valence-corrected chi connectivity index (χ2v) is 23.1. The minimum absolute atomic E-state index is 0.0565. The van der Waals surface area contributed by atoms with Crippen molar-refractivity contribution < 1.29 is 52.6 Å². The number of nitrogens with zero attached hydrogens (tertiary/aromatic N) is 3. The lowest BCUT2D eigenvalue weighted by molar-refractivity contribution is 0.0689. The van der Waals surface area contributed by atoms with E-state index < -0.39 is 12.0 Å². The van der Waals surface area contributed by atoms with Gasteiger partial charge < -0.3 is 64.7 Å². The van der Waals surface area contributed by atoms with Gasteiger partial charge >= 0.3 is 5.97 Å². The van der Waals surface area contributed by atoms with Crippen molar-refractivity contribution in [1.29, 1.82) is 0 Å². The SMILES string of the molecule is COc1cc(C)c(/C=C/C2NCCc3cc(OCc4ccccc4)c(OC)cc32)cc1OCc1ccccc1.COc1cc(C)c(/C=C/C2c3cc(OC)c(OCc4ccccc4)cc3CCN2C(=O)c2ccnc(N)c2)cc1OCc1ccccc1.Nc1cc(C(=O)O)ccn1. The molecule has 0 saturated carbocycles. The van der Waals surface area contributed by atoms with Gasteiger partial charge in [-0.3, -0.25) is 4.79 Å². The Morgan fingerprint density at radius 1 is 0.485 bits per heavy atom. The highest BCUT2D eigenvalue weighted by molar-refractivity contribution is 5.95. The highest BCUT2D eigenvalue weighted by Crippen LogP contribution is 2.42. The highest BCUT2D eigenvalue weighted by atomic mass is 16.5. The number of ether oxygens (including phenoxy) is 8. The number of hydrogen-bond donors (Lipinski definition) is 4. The number of nitrogens with one attached hydrogen (secondary N) is 1. The zero-order chi connectivity index (χ0) is 68.0. The van der Waals surface area contributed by atoms with Crippen molar-refractivity contribution >= 4 is 35.7 Å². The summed E-state index contributed by atoms with van der Waals surface area (Å²) in [6, 6.07) is 62.3. The van der Waals surface area contributed by atoms with Crippen molar-refractivity contribution in [2.75, 3.05) is 53.0 Å². The molecular weight excluding hydrogens is 1220 g/mol. The van der Waals surface area contributed by atoms with E-state index in [9.17, 15) is 9.59 Å². The van der Waals surface area contributed by atoms with Crippen LogP contribution in [0.4, 0.5) is 11.6 Å². The molecule has 6 N–H and O–H groups in total. The number of hydrogen-bond acceptors (Lipinski definition) is 15. The molecule has 17 nitrogen and oxygen atoms in total. The Morgan fingerprint density at radius 3 is 1.30 bits per heavy atom. The molecule has 0 radical (unpaired) electrons. The summed E-state index contributed by atoms with van der Waals surface area (Å²) in [5, 5.41) is 12.1. The largest absolute Gasteiger partial charge is 0.493 e. The number of methoxy groups -OCH3 is 4. The highest BCUT2D eigenvalue weighted by Gasteiger charge is 2.32. The third-order valence-corrected chi connectivity index (χ3v) is 16.5. The number of carbonyl (C=O) groups is 2. The normalized spacial score (nSPS) is 13.7. The van der Waals surface area contributed by atoms with Crippen LogP contribution in [-0.2, 0) is 39.3 Å². The molecular formula is C80H80N6O11. The van der Waals surface area contributed by atoms with Crippen molar-refractivity contribution in [1.82, 2.24) is 20.2 Å². The van der Waals surface area contributed by atoms with Gasteiger partial charge in [-0.15, -0.1) is 0 Å². The summed E-state index contributed by atoms with van der Waals surface area (Å²) in [5.41, 5.74) is 24.9. The smallest absolute Gasteiger partial charge is 0.335 e. The van der Waals surface area contributed by atoms with Gasteiger partial charge in [0, 0.05) is 31.0 Å². The van der Waals surface area contributed by atoms with E-state index >= 15 is 0 Å². The number of carbonyl (C=O) groups excluding carboxylic acids is 1. The quantitative estimate of drug-likeness (QED) is 0.0495. The molecule has 2 aliphatic rings. The van der Waals surface area contributed by atoms with E-state index in [4.69, 9.17) is 54.5 Å². The zero-order valence-electron chi connectivity index (χ0n) is 55.3. The number of nitrogen functional groups attached to an aromatic ring is 2. The number of rotatable bonds is 22. The Kier molecular flexibility index (Phi) is 23.6. The van der Waals surface area contributed by atoms with Crippen LogP contribution >= 0.6 is 0 Å². The van der Waals surface area contributed by atoms with Gasteiger partial charge in [-0.2, -0.15) is 0 Å². The van der Waals surface area contributed by atoms with E-state index in [2.05, 4.69) is 82.9 Å². The second kappa shape index (κ2) is 33.5. The number of fused-ring (bicyclic) bond motifs is 2. The number of amides is 1. The first kappa shape index (κ1) is 68.3. The van der Waals surface area contributed by atoms with Crippen LogP contribution in [-0.4, -0.2) is 73.4 Å². The predicted molar refractivity (Wildman–Crippen MR) is 379 cm³/mol. The van der Waals surface area contributed by atoms with Gasteiger partial charge in [0.15, 0.2) is 46.0 Å². The van der Waals surface area contributed by atoms with Crippen molar-refractivity contribution in [3.63, 3.8) is 0 Å². The van der Waals surface area contributed by atoms with E-state index in [-0.39, 0.29) is 23.3 Å². The topological polar surface area (TPSA) is 221 Å². The van der Waals surface area contributed by atoms with Gasteiger partial charge in [0.2, 0.25) is 0 Å². The van der Waals surface area contributed by atoms with Crippen LogP contribution in [0.15, 0.2) is 219 Å². The Labute approximate surface area is 566 Å². The third kappa shape index (κ3) is 18.2. The van der Waals surface area contributed by atoms with Gasteiger partial charge in [0.25, 0.3) is 5.91 Å². The first-order chi connectivity index (χ1) is 47.3. The average molecular weight is 1300 g/mol. The maximum absolute atomic E-state index is 14.0. The molecule has 4 heterocycles. The zero-order valence-corrected chi connectivity index (χ0v) is 55.3. The predicted octanol–water partition coefficient (Wildman–Crippen LogP) is 15.0. The Balaban J connectivity index is 0.000000187. The van der Waals surface area contributed by atoms with E-state index in [1.807, 2.05) is 145 Å². The molecule has 12 rings (SSSR count). The van der Waals surface area contributed by atoms with Gasteiger partial charge in [-0.1, -0.05) is 146 Å². The lowest BCUT2D eigenvalue weighted by Crippen LogP contribution is -2.39. The molecule has 10 aromatic rings. The summed E-state index contributed by atoms with van der Waals surface area (Å²) in [6.07, 6.45) is 13.0. The van der Waals surface area contributed by atoms with Crippen LogP contribution < -0.4 is 54.7 Å². The molecule has 0 saturated heterocycles. The fourth-order valence-electron chi connectivity index (χ4n) is 11.3. The van der Waals surface area contributed by atoms with Crippen LogP contribution in [0.25, 0.3) is 12.2 Å². The van der Waals surface area contributed by atoms with Gasteiger partial charge in [0.05, 0.1) is 46.1 Å². The Hall–Kier alpha value is -11.6. The molecule has 2 aromatic heterocycles. The number of nitrogens with two attached hydrogens (primary N) is 2. The lowest BCUT2D eigenvalue weighted by Gasteiger charge is -2.36. The van der Waals surface area contributed by atoms with Crippen LogP contribution in [0.5, 0.6) is 46.0 Å². The second-order valence-electron chi connectivity index (χ2n) is 23.1. The van der Waals surface area contributed by atoms with Crippen molar-refractivity contribution in [2.45, 2.75) is 65.2 Å². The minimum atomic E-state index is -0.992. The standard InChI is InChI=1S/C40H39N3O5.C34H35NO4.C6H6N2O2/c1-27-20-35(45-2)37(47-25-28-10-6-4-7-11-28)21-30(27)14-15-34-33-24-36(46-3)38(48-26-29-12-8-5-9-13-29)22-31(33)17-19-43(34)40(44)32-16-18-42-39(41)23-32;1-24-18-31(36-2)33(38-22-25-10-6-4-7-11-25)19-27(24)14-15-30-29-21-32(37-3)34(20-28(29)16-17-35-30)39-23-26-12-8-5-9-13-26;7-5-3-4(6(9)10)1-2-8-5/h4-16,18,20-24,34H,17,19,25-26H2,1-3H3,(H2,41,42);4-15,18-21,30,35H,16-17,22-23H2,1-3H3;1-3H,(H2,7,8)(H,9,10)/b2*15-14+;. The van der Waals surface area contributed by atoms with Crippen LogP contribution in [0, 0.1) is 13.8 Å². The molecule has 97 heavy (non-hydrogen) atoms. The molecule has 17 heteroatoms. The molecule has 2 atom stereocenters. The first-order valence-corrected chi connectivity index (χ1v) is 31.8. The summed E-state index contributed by atoms with van der Waals surface area (Å²) in [6.45, 7) is 7.31. The van der Waals surface area contributed by atoms with E-state index in [0.29, 0.717) is 73.8 Å². The molecule has 0 bridgehead atoms. The summed E-state index contributed by atoms with van der Waals surface area (Å²) >= 11 is 0. The van der Waals surface area contributed by atoms with Gasteiger partial charge in [-0.05, 0) is 166 Å². The lowest BCUT2D eigenvalue weighted by atomic mass is 9.90. The van der Waals surface area contributed by atoms with E-state index in [0.717, 1.165) is 91.6 Å². The monoisotopic (exact) mass is 1300 g/mol.